The number of hydrogen-bond donors (Lipinski definition) is 1. The molecule has 0 bridgehead atoms. The van der Waals surface area contributed by atoms with Gasteiger partial charge in [0.05, 0.1) is 17.9 Å². The first kappa shape index (κ1) is 20.0. The van der Waals surface area contributed by atoms with Crippen LogP contribution in [0, 0.1) is 0 Å². The van der Waals surface area contributed by atoms with E-state index in [0.717, 1.165) is 27.5 Å². The maximum Gasteiger partial charge on any atom is 0.252 e. The summed E-state index contributed by atoms with van der Waals surface area (Å²) in [5.74, 6) is 1.42. The summed E-state index contributed by atoms with van der Waals surface area (Å²) in [6.45, 7) is 3.02. The van der Waals surface area contributed by atoms with E-state index in [0.29, 0.717) is 24.5 Å². The Labute approximate surface area is 180 Å². The molecule has 152 valence electrons. The summed E-state index contributed by atoms with van der Waals surface area (Å²) in [6.07, 6.45) is 4.01. The van der Waals surface area contributed by atoms with Gasteiger partial charge in [0.25, 0.3) is 5.91 Å². The van der Waals surface area contributed by atoms with Gasteiger partial charge in [0.15, 0.2) is 0 Å². The van der Waals surface area contributed by atoms with Crippen LogP contribution in [0.15, 0.2) is 84.0 Å². The van der Waals surface area contributed by atoms with Crippen molar-refractivity contribution in [2.45, 2.75) is 24.1 Å². The van der Waals surface area contributed by atoms with Crippen LogP contribution < -0.4 is 10.1 Å². The van der Waals surface area contributed by atoms with Crippen LogP contribution in [0.25, 0.3) is 5.65 Å². The highest BCUT2D eigenvalue weighted by Gasteiger charge is 2.12. The molecule has 0 radical (unpaired) electrons. The van der Waals surface area contributed by atoms with E-state index >= 15 is 0 Å². The third-order valence-corrected chi connectivity index (χ3v) is 5.69. The zero-order valence-corrected chi connectivity index (χ0v) is 17.6. The number of imidazole rings is 1. The number of carbonyl (C=O) groups is 1. The number of aromatic nitrogens is 2. The number of fused-ring (bicyclic) bond motifs is 1. The van der Waals surface area contributed by atoms with Gasteiger partial charge < -0.3 is 14.5 Å². The number of pyridine rings is 1. The molecule has 4 rings (SSSR count). The summed E-state index contributed by atoms with van der Waals surface area (Å²) in [7, 11) is 0. The summed E-state index contributed by atoms with van der Waals surface area (Å²) in [5, 5.41) is 3.02. The van der Waals surface area contributed by atoms with Crippen molar-refractivity contribution >= 4 is 23.3 Å². The van der Waals surface area contributed by atoms with Crippen LogP contribution in [0.1, 0.15) is 28.5 Å². The average molecular weight is 418 g/mol. The molecule has 0 saturated carbocycles. The molecule has 30 heavy (non-hydrogen) atoms. The molecular weight excluding hydrogens is 394 g/mol. The van der Waals surface area contributed by atoms with Crippen molar-refractivity contribution in [2.75, 3.05) is 6.61 Å². The van der Waals surface area contributed by atoms with Gasteiger partial charge in [0.2, 0.25) is 0 Å². The van der Waals surface area contributed by atoms with E-state index in [-0.39, 0.29) is 5.91 Å². The van der Waals surface area contributed by atoms with Gasteiger partial charge in [-0.1, -0.05) is 30.3 Å². The van der Waals surface area contributed by atoms with Gasteiger partial charge in [0.1, 0.15) is 11.4 Å². The monoisotopic (exact) mass is 417 g/mol. The molecule has 0 atom stereocenters. The Bertz CT molecular complexity index is 1120. The standard InChI is InChI=1S/C24H23N3O2S/c1-2-29-20-9-7-8-18(14-20)15-25-24(28)21-10-3-4-11-22(21)30-17-19-16-27-13-6-5-12-23(27)26-19/h3-14,16H,2,15,17H2,1H3,(H,25,28). The molecule has 6 heteroatoms. The van der Waals surface area contributed by atoms with Crippen molar-refractivity contribution in [3.05, 3.63) is 95.9 Å². The lowest BCUT2D eigenvalue weighted by Crippen LogP contribution is -2.23. The van der Waals surface area contributed by atoms with Gasteiger partial charge in [0, 0.05) is 29.6 Å². The molecule has 0 aliphatic heterocycles. The van der Waals surface area contributed by atoms with Gasteiger partial charge >= 0.3 is 0 Å². The zero-order valence-electron chi connectivity index (χ0n) is 16.7. The number of amides is 1. The molecule has 0 unspecified atom stereocenters. The Hall–Kier alpha value is -3.25. The maximum atomic E-state index is 12.8. The van der Waals surface area contributed by atoms with E-state index in [9.17, 15) is 4.79 Å². The summed E-state index contributed by atoms with van der Waals surface area (Å²) in [4.78, 5) is 18.4. The Kier molecular flexibility index (Phi) is 6.35. The fourth-order valence-corrected chi connectivity index (χ4v) is 4.11. The molecular formula is C24H23N3O2S. The van der Waals surface area contributed by atoms with Crippen LogP contribution in [-0.2, 0) is 12.3 Å². The van der Waals surface area contributed by atoms with E-state index in [1.165, 1.54) is 0 Å². The fourth-order valence-electron chi connectivity index (χ4n) is 3.18. The van der Waals surface area contributed by atoms with Gasteiger partial charge in [-0.2, -0.15) is 0 Å². The quantitative estimate of drug-likeness (QED) is 0.412. The third-order valence-electron chi connectivity index (χ3n) is 4.58. The maximum absolute atomic E-state index is 12.8. The van der Waals surface area contributed by atoms with Crippen LogP contribution in [0.3, 0.4) is 0 Å². The molecule has 1 amide bonds. The smallest absolute Gasteiger partial charge is 0.252 e. The lowest BCUT2D eigenvalue weighted by molar-refractivity contribution is 0.0948. The van der Waals surface area contributed by atoms with Crippen molar-refractivity contribution in [1.82, 2.24) is 14.7 Å². The van der Waals surface area contributed by atoms with Crippen molar-refractivity contribution in [2.24, 2.45) is 0 Å². The number of rotatable bonds is 8. The van der Waals surface area contributed by atoms with Crippen LogP contribution in [-0.4, -0.2) is 21.9 Å². The summed E-state index contributed by atoms with van der Waals surface area (Å²) < 4.78 is 7.53. The molecule has 0 spiro atoms. The van der Waals surface area contributed by atoms with Crippen LogP contribution in [0.2, 0.25) is 0 Å². The second-order valence-corrected chi connectivity index (χ2v) is 7.76. The van der Waals surface area contributed by atoms with Crippen LogP contribution >= 0.6 is 11.8 Å². The third kappa shape index (κ3) is 4.83. The molecule has 0 aliphatic carbocycles. The molecule has 0 aliphatic rings. The number of nitrogens with one attached hydrogen (secondary N) is 1. The van der Waals surface area contributed by atoms with Crippen molar-refractivity contribution < 1.29 is 9.53 Å². The predicted octanol–water partition coefficient (Wildman–Crippen LogP) is 4.96. The van der Waals surface area contributed by atoms with Crippen LogP contribution in [0.5, 0.6) is 5.75 Å². The molecule has 5 nitrogen and oxygen atoms in total. The zero-order chi connectivity index (χ0) is 20.8. The molecule has 0 fully saturated rings. The lowest BCUT2D eigenvalue weighted by Gasteiger charge is -2.10. The minimum atomic E-state index is -0.0880. The summed E-state index contributed by atoms with van der Waals surface area (Å²) in [6, 6.07) is 21.4. The molecule has 0 saturated heterocycles. The molecule has 4 aromatic rings. The number of carbonyl (C=O) groups excluding carboxylic acids is 1. The van der Waals surface area contributed by atoms with Gasteiger partial charge in [-0.25, -0.2) is 4.98 Å². The Morgan fingerprint density at radius 3 is 2.83 bits per heavy atom. The second kappa shape index (κ2) is 9.50. The number of nitrogens with zero attached hydrogens (tertiary/aromatic N) is 2. The van der Waals surface area contributed by atoms with Crippen molar-refractivity contribution in [3.63, 3.8) is 0 Å². The number of hydrogen-bond acceptors (Lipinski definition) is 4. The highest BCUT2D eigenvalue weighted by Crippen LogP contribution is 2.26. The topological polar surface area (TPSA) is 55.6 Å². The predicted molar refractivity (Wildman–Crippen MR) is 120 cm³/mol. The Morgan fingerprint density at radius 2 is 1.97 bits per heavy atom. The molecule has 2 aromatic carbocycles. The first-order chi connectivity index (χ1) is 14.7. The number of ether oxygens (including phenoxy) is 1. The summed E-state index contributed by atoms with van der Waals surface area (Å²) >= 11 is 1.62. The number of thioether (sulfide) groups is 1. The first-order valence-corrected chi connectivity index (χ1v) is 10.9. The lowest BCUT2D eigenvalue weighted by atomic mass is 10.2. The van der Waals surface area contributed by atoms with Crippen molar-refractivity contribution in [1.29, 1.82) is 0 Å². The van der Waals surface area contributed by atoms with Crippen LogP contribution in [0.4, 0.5) is 0 Å². The largest absolute Gasteiger partial charge is 0.494 e. The Balaban J connectivity index is 1.41. The van der Waals surface area contributed by atoms with E-state index in [4.69, 9.17) is 4.74 Å². The molecule has 2 heterocycles. The minimum absolute atomic E-state index is 0.0880. The van der Waals surface area contributed by atoms with Gasteiger partial charge in [-0.15, -0.1) is 11.8 Å². The summed E-state index contributed by atoms with van der Waals surface area (Å²) in [5.41, 5.74) is 3.58. The second-order valence-electron chi connectivity index (χ2n) is 6.75. The fraction of sp³-hybridized carbons (Fsp3) is 0.167. The number of benzene rings is 2. The SMILES string of the molecule is CCOc1cccc(CNC(=O)c2ccccc2SCc2cn3ccccc3n2)c1. The average Bonchev–Trinajstić information content (AvgIpc) is 3.20. The Morgan fingerprint density at radius 1 is 1.10 bits per heavy atom. The highest BCUT2D eigenvalue weighted by molar-refractivity contribution is 7.98. The molecule has 1 N–H and O–H groups in total. The van der Waals surface area contributed by atoms with E-state index in [1.54, 1.807) is 11.8 Å². The van der Waals surface area contributed by atoms with Crippen molar-refractivity contribution in [3.8, 4) is 5.75 Å². The van der Waals surface area contributed by atoms with E-state index < -0.39 is 0 Å². The minimum Gasteiger partial charge on any atom is -0.494 e. The highest BCUT2D eigenvalue weighted by atomic mass is 32.2. The molecule has 2 aromatic heterocycles. The van der Waals surface area contributed by atoms with E-state index in [2.05, 4.69) is 10.3 Å². The van der Waals surface area contributed by atoms with E-state index in [1.807, 2.05) is 90.4 Å². The first-order valence-electron chi connectivity index (χ1n) is 9.87. The van der Waals surface area contributed by atoms with Gasteiger partial charge in [-0.3, -0.25) is 4.79 Å². The van der Waals surface area contributed by atoms with Gasteiger partial charge in [-0.05, 0) is 48.9 Å². The normalized spacial score (nSPS) is 10.8.